The Morgan fingerprint density at radius 2 is 2.11 bits per heavy atom. The molecule has 1 N–H and O–H groups in total. The van der Waals surface area contributed by atoms with Crippen LogP contribution in [0.4, 0.5) is 0 Å². The summed E-state index contributed by atoms with van der Waals surface area (Å²) in [5.74, 6) is -0.485. The lowest BCUT2D eigenvalue weighted by molar-refractivity contribution is 0.0693. The van der Waals surface area contributed by atoms with Crippen LogP contribution in [-0.2, 0) is 0 Å². The van der Waals surface area contributed by atoms with Crippen molar-refractivity contribution in [2.45, 2.75) is 13.8 Å². The Labute approximate surface area is 104 Å². The second-order valence-corrected chi connectivity index (χ2v) is 3.92. The molecule has 2 aromatic rings. The van der Waals surface area contributed by atoms with Gasteiger partial charge in [-0.25, -0.2) is 14.8 Å². The fourth-order valence-electron chi connectivity index (χ4n) is 1.56. The average molecular weight is 244 g/mol. The van der Waals surface area contributed by atoms with Gasteiger partial charge in [-0.3, -0.25) is 0 Å². The molecule has 0 aliphatic heterocycles. The van der Waals surface area contributed by atoms with Crippen LogP contribution in [0.1, 0.15) is 21.5 Å². The van der Waals surface area contributed by atoms with E-state index >= 15 is 0 Å². The zero-order valence-corrected chi connectivity index (χ0v) is 10.0. The minimum absolute atomic E-state index is 0.0458. The third-order valence-corrected chi connectivity index (χ3v) is 2.44. The number of ether oxygens (including phenoxy) is 1. The lowest BCUT2D eigenvalue weighted by Gasteiger charge is -2.09. The number of hydrogen-bond donors (Lipinski definition) is 1. The molecule has 0 unspecified atom stereocenters. The van der Waals surface area contributed by atoms with Crippen molar-refractivity contribution in [3.8, 4) is 11.6 Å². The number of aryl methyl sites for hydroxylation is 2. The first-order valence-corrected chi connectivity index (χ1v) is 5.36. The standard InChI is InChI=1S/C13H12N2O3/c1-8-3-4-11(9(2)5-8)18-12-10(13(16)17)6-14-7-15-12/h3-7H,1-2H3,(H,16,17). The third-order valence-electron chi connectivity index (χ3n) is 2.44. The van der Waals surface area contributed by atoms with Crippen LogP contribution in [0.2, 0.25) is 0 Å². The SMILES string of the molecule is Cc1ccc(Oc2ncncc2C(=O)O)c(C)c1. The summed E-state index contributed by atoms with van der Waals surface area (Å²) >= 11 is 0. The smallest absolute Gasteiger partial charge is 0.342 e. The molecular weight excluding hydrogens is 232 g/mol. The highest BCUT2D eigenvalue weighted by molar-refractivity contribution is 5.89. The fourth-order valence-corrected chi connectivity index (χ4v) is 1.56. The first-order valence-electron chi connectivity index (χ1n) is 5.36. The Morgan fingerprint density at radius 3 is 2.78 bits per heavy atom. The first kappa shape index (κ1) is 12.0. The molecule has 5 nitrogen and oxygen atoms in total. The maximum Gasteiger partial charge on any atom is 0.342 e. The van der Waals surface area contributed by atoms with Gasteiger partial charge in [-0.05, 0) is 25.5 Å². The van der Waals surface area contributed by atoms with Gasteiger partial charge in [-0.2, -0.15) is 0 Å². The van der Waals surface area contributed by atoms with Crippen LogP contribution >= 0.6 is 0 Å². The Bertz CT molecular complexity index is 597. The Kier molecular flexibility index (Phi) is 3.23. The second-order valence-electron chi connectivity index (χ2n) is 3.92. The number of hydrogen-bond acceptors (Lipinski definition) is 4. The molecule has 0 spiro atoms. The first-order chi connectivity index (χ1) is 8.58. The summed E-state index contributed by atoms with van der Waals surface area (Å²) in [6, 6.07) is 5.64. The Balaban J connectivity index is 2.37. The molecule has 2 rings (SSSR count). The molecule has 5 heteroatoms. The van der Waals surface area contributed by atoms with Crippen molar-refractivity contribution in [1.29, 1.82) is 0 Å². The highest BCUT2D eigenvalue weighted by Gasteiger charge is 2.14. The van der Waals surface area contributed by atoms with Crippen LogP contribution in [0, 0.1) is 13.8 Å². The van der Waals surface area contributed by atoms with E-state index in [4.69, 9.17) is 9.84 Å². The van der Waals surface area contributed by atoms with E-state index < -0.39 is 5.97 Å². The predicted octanol–water partition coefficient (Wildman–Crippen LogP) is 2.58. The molecule has 0 aliphatic carbocycles. The number of carboxylic acid groups (broad SMARTS) is 1. The Morgan fingerprint density at radius 1 is 1.33 bits per heavy atom. The predicted molar refractivity (Wildman–Crippen MR) is 65.0 cm³/mol. The number of aromatic carboxylic acids is 1. The molecule has 1 aromatic heterocycles. The van der Waals surface area contributed by atoms with Gasteiger partial charge in [0.05, 0.1) is 0 Å². The van der Waals surface area contributed by atoms with Crippen LogP contribution < -0.4 is 4.74 Å². The maximum atomic E-state index is 11.0. The molecule has 0 aliphatic rings. The molecule has 18 heavy (non-hydrogen) atoms. The molecule has 92 valence electrons. The maximum absolute atomic E-state index is 11.0. The molecule has 1 heterocycles. The zero-order valence-electron chi connectivity index (χ0n) is 10.0. The minimum Gasteiger partial charge on any atom is -0.477 e. The van der Waals surface area contributed by atoms with Crippen molar-refractivity contribution in [2.24, 2.45) is 0 Å². The van der Waals surface area contributed by atoms with Crippen molar-refractivity contribution in [1.82, 2.24) is 9.97 Å². The topological polar surface area (TPSA) is 72.3 Å². The molecule has 1 aromatic carbocycles. The third kappa shape index (κ3) is 2.45. The van der Waals surface area contributed by atoms with Crippen LogP contribution in [0.25, 0.3) is 0 Å². The molecule has 0 amide bonds. The van der Waals surface area contributed by atoms with E-state index in [-0.39, 0.29) is 11.4 Å². The quantitative estimate of drug-likeness (QED) is 0.898. The molecule has 0 atom stereocenters. The summed E-state index contributed by atoms with van der Waals surface area (Å²) in [5.41, 5.74) is 1.98. The summed E-state index contributed by atoms with van der Waals surface area (Å²) < 4.78 is 5.52. The largest absolute Gasteiger partial charge is 0.477 e. The normalized spacial score (nSPS) is 10.1. The number of carbonyl (C=O) groups is 1. The minimum atomic E-state index is -1.12. The van der Waals surface area contributed by atoms with Crippen LogP contribution in [-0.4, -0.2) is 21.0 Å². The summed E-state index contributed by atoms with van der Waals surface area (Å²) in [5, 5.41) is 9.00. The van der Waals surface area contributed by atoms with E-state index in [2.05, 4.69) is 9.97 Å². The van der Waals surface area contributed by atoms with Crippen LogP contribution in [0.15, 0.2) is 30.7 Å². The van der Waals surface area contributed by atoms with Gasteiger partial charge < -0.3 is 9.84 Å². The highest BCUT2D eigenvalue weighted by Crippen LogP contribution is 2.26. The van der Waals surface area contributed by atoms with E-state index in [1.54, 1.807) is 6.07 Å². The van der Waals surface area contributed by atoms with Gasteiger partial charge in [-0.1, -0.05) is 17.7 Å². The van der Waals surface area contributed by atoms with Crippen molar-refractivity contribution in [3.05, 3.63) is 47.4 Å². The summed E-state index contributed by atoms with van der Waals surface area (Å²) in [6.07, 6.45) is 2.47. The molecule has 0 saturated heterocycles. The van der Waals surface area contributed by atoms with Crippen molar-refractivity contribution >= 4 is 5.97 Å². The second kappa shape index (κ2) is 4.83. The van der Waals surface area contributed by atoms with Gasteiger partial charge in [-0.15, -0.1) is 0 Å². The van der Waals surface area contributed by atoms with E-state index in [0.29, 0.717) is 5.75 Å². The monoisotopic (exact) mass is 244 g/mol. The van der Waals surface area contributed by atoms with E-state index in [0.717, 1.165) is 11.1 Å². The number of carboxylic acids is 1. The van der Waals surface area contributed by atoms with Gasteiger partial charge in [0.15, 0.2) is 0 Å². The van der Waals surface area contributed by atoms with Gasteiger partial charge >= 0.3 is 5.97 Å². The van der Waals surface area contributed by atoms with Crippen LogP contribution in [0.3, 0.4) is 0 Å². The van der Waals surface area contributed by atoms with Crippen molar-refractivity contribution in [2.75, 3.05) is 0 Å². The van der Waals surface area contributed by atoms with E-state index in [9.17, 15) is 4.79 Å². The fraction of sp³-hybridized carbons (Fsp3) is 0.154. The van der Waals surface area contributed by atoms with Gasteiger partial charge in [0.1, 0.15) is 17.6 Å². The number of benzene rings is 1. The molecule has 0 bridgehead atoms. The summed E-state index contributed by atoms with van der Waals surface area (Å²) in [7, 11) is 0. The molecule has 0 fully saturated rings. The zero-order chi connectivity index (χ0) is 13.1. The van der Waals surface area contributed by atoms with Gasteiger partial charge in [0.25, 0.3) is 0 Å². The van der Waals surface area contributed by atoms with Crippen molar-refractivity contribution in [3.63, 3.8) is 0 Å². The molecular formula is C13H12N2O3. The summed E-state index contributed by atoms with van der Waals surface area (Å²) in [6.45, 7) is 3.87. The van der Waals surface area contributed by atoms with Crippen LogP contribution in [0.5, 0.6) is 11.6 Å². The van der Waals surface area contributed by atoms with Gasteiger partial charge in [0, 0.05) is 6.20 Å². The number of rotatable bonds is 3. The number of aromatic nitrogens is 2. The molecule has 0 saturated carbocycles. The Hall–Kier alpha value is -2.43. The lowest BCUT2D eigenvalue weighted by atomic mass is 10.1. The van der Waals surface area contributed by atoms with E-state index in [1.807, 2.05) is 26.0 Å². The molecule has 0 radical (unpaired) electrons. The average Bonchev–Trinajstić information content (AvgIpc) is 2.33. The van der Waals surface area contributed by atoms with E-state index in [1.165, 1.54) is 12.5 Å². The van der Waals surface area contributed by atoms with Crippen molar-refractivity contribution < 1.29 is 14.6 Å². The highest BCUT2D eigenvalue weighted by atomic mass is 16.5. The summed E-state index contributed by atoms with van der Waals surface area (Å²) in [4.78, 5) is 18.5. The number of nitrogens with zero attached hydrogens (tertiary/aromatic N) is 2. The lowest BCUT2D eigenvalue weighted by Crippen LogP contribution is -2.03. The van der Waals surface area contributed by atoms with Gasteiger partial charge in [0.2, 0.25) is 5.88 Å².